The normalized spacial score (nSPS) is 11.2. The first kappa shape index (κ1) is 13.2. The van der Waals surface area contributed by atoms with E-state index in [4.69, 9.17) is 0 Å². The van der Waals surface area contributed by atoms with Crippen molar-refractivity contribution in [3.63, 3.8) is 0 Å². The lowest BCUT2D eigenvalue weighted by Gasteiger charge is -2.04. The molecule has 0 heterocycles. The van der Waals surface area contributed by atoms with Crippen LogP contribution in [0.5, 0.6) is 0 Å². The van der Waals surface area contributed by atoms with E-state index in [0.717, 1.165) is 48.5 Å². The number of sulfone groups is 1. The Bertz CT molecular complexity index is 708. The Labute approximate surface area is 108 Å². The number of benzene rings is 2. The summed E-state index contributed by atoms with van der Waals surface area (Å²) < 4.78 is 37.0. The van der Waals surface area contributed by atoms with Gasteiger partial charge in [-0.15, -0.1) is 0 Å². The average Bonchev–Trinajstić information content (AvgIpc) is 2.39. The predicted octanol–water partition coefficient (Wildman–Crippen LogP) is 2.57. The molecule has 5 nitrogen and oxygen atoms in total. The van der Waals surface area contributed by atoms with Crippen LogP contribution in [0.1, 0.15) is 0 Å². The number of nitro benzene ring substituents is 1. The molecule has 98 valence electrons. The first-order chi connectivity index (χ1) is 8.91. The Morgan fingerprint density at radius 1 is 0.895 bits per heavy atom. The molecular formula is C12H8FNO4S. The first-order valence-electron chi connectivity index (χ1n) is 5.16. The third kappa shape index (κ3) is 2.60. The number of nitrogens with zero attached hydrogens (tertiary/aromatic N) is 1. The lowest BCUT2D eigenvalue weighted by molar-refractivity contribution is -0.384. The lowest BCUT2D eigenvalue weighted by Crippen LogP contribution is -2.02. The van der Waals surface area contributed by atoms with Crippen LogP contribution in [0.2, 0.25) is 0 Å². The highest BCUT2D eigenvalue weighted by Crippen LogP contribution is 2.23. The van der Waals surface area contributed by atoms with E-state index in [-0.39, 0.29) is 15.5 Å². The van der Waals surface area contributed by atoms with Gasteiger partial charge in [0, 0.05) is 12.1 Å². The summed E-state index contributed by atoms with van der Waals surface area (Å²) in [5, 5.41) is 10.5. The van der Waals surface area contributed by atoms with Crippen molar-refractivity contribution in [3.05, 3.63) is 64.5 Å². The van der Waals surface area contributed by atoms with Gasteiger partial charge in [0.05, 0.1) is 14.7 Å². The molecule has 0 saturated heterocycles. The van der Waals surface area contributed by atoms with Crippen molar-refractivity contribution in [2.24, 2.45) is 0 Å². The van der Waals surface area contributed by atoms with Gasteiger partial charge in [0.25, 0.3) is 5.69 Å². The Balaban J connectivity index is 2.44. The molecule has 0 radical (unpaired) electrons. The molecule has 0 aliphatic heterocycles. The van der Waals surface area contributed by atoms with Crippen LogP contribution in [0, 0.1) is 15.9 Å². The van der Waals surface area contributed by atoms with E-state index < -0.39 is 20.6 Å². The molecule has 0 N–H and O–H groups in total. The first-order valence-corrected chi connectivity index (χ1v) is 6.65. The number of rotatable bonds is 3. The quantitative estimate of drug-likeness (QED) is 0.492. The van der Waals surface area contributed by atoms with Crippen molar-refractivity contribution in [2.45, 2.75) is 9.79 Å². The lowest BCUT2D eigenvalue weighted by atomic mass is 10.3. The second-order valence-electron chi connectivity index (χ2n) is 3.71. The largest absolute Gasteiger partial charge is 0.269 e. The van der Waals surface area contributed by atoms with Gasteiger partial charge in [0.2, 0.25) is 9.84 Å². The third-order valence-electron chi connectivity index (χ3n) is 2.48. The summed E-state index contributed by atoms with van der Waals surface area (Å²) in [6.45, 7) is 0. The summed E-state index contributed by atoms with van der Waals surface area (Å²) in [5.74, 6) is -0.539. The topological polar surface area (TPSA) is 77.3 Å². The van der Waals surface area contributed by atoms with Crippen LogP contribution in [0.25, 0.3) is 0 Å². The molecule has 0 unspecified atom stereocenters. The summed E-state index contributed by atoms with van der Waals surface area (Å²) in [4.78, 5) is 9.72. The molecule has 0 aliphatic carbocycles. The molecule has 0 aromatic heterocycles. The zero-order valence-corrected chi connectivity index (χ0v) is 10.3. The monoisotopic (exact) mass is 281 g/mol. The van der Waals surface area contributed by atoms with Crippen molar-refractivity contribution >= 4 is 15.5 Å². The smallest absolute Gasteiger partial charge is 0.258 e. The molecule has 0 saturated carbocycles. The van der Waals surface area contributed by atoms with Crippen LogP contribution in [-0.2, 0) is 9.84 Å². The van der Waals surface area contributed by atoms with Gasteiger partial charge in [-0.05, 0) is 36.4 Å². The van der Waals surface area contributed by atoms with E-state index in [1.54, 1.807) is 0 Å². The molecular weight excluding hydrogens is 273 g/mol. The maximum absolute atomic E-state index is 12.7. The van der Waals surface area contributed by atoms with E-state index in [0.29, 0.717) is 0 Å². The average molecular weight is 281 g/mol. The zero-order chi connectivity index (χ0) is 14.0. The zero-order valence-electron chi connectivity index (χ0n) is 9.49. The van der Waals surface area contributed by atoms with Gasteiger partial charge < -0.3 is 0 Å². The Morgan fingerprint density at radius 3 is 1.74 bits per heavy atom. The second-order valence-corrected chi connectivity index (χ2v) is 5.66. The number of non-ortho nitro benzene ring substituents is 1. The minimum atomic E-state index is -3.79. The van der Waals surface area contributed by atoms with Crippen LogP contribution in [-0.4, -0.2) is 13.3 Å². The Hall–Kier alpha value is -2.28. The minimum Gasteiger partial charge on any atom is -0.258 e. The van der Waals surface area contributed by atoms with Gasteiger partial charge in [0.15, 0.2) is 0 Å². The molecule has 7 heteroatoms. The molecule has 2 aromatic rings. The van der Waals surface area contributed by atoms with Gasteiger partial charge in [-0.2, -0.15) is 0 Å². The van der Waals surface area contributed by atoms with Crippen LogP contribution < -0.4 is 0 Å². The number of hydrogen-bond acceptors (Lipinski definition) is 4. The summed E-state index contributed by atoms with van der Waals surface area (Å²) in [6.07, 6.45) is 0. The van der Waals surface area contributed by atoms with Crippen molar-refractivity contribution in [1.82, 2.24) is 0 Å². The van der Waals surface area contributed by atoms with Crippen molar-refractivity contribution in [3.8, 4) is 0 Å². The maximum Gasteiger partial charge on any atom is 0.269 e. The maximum atomic E-state index is 12.7. The molecule has 2 aromatic carbocycles. The highest BCUT2D eigenvalue weighted by Gasteiger charge is 2.18. The van der Waals surface area contributed by atoms with E-state index in [1.807, 2.05) is 0 Å². The fraction of sp³-hybridized carbons (Fsp3) is 0. The number of nitro groups is 1. The van der Waals surface area contributed by atoms with E-state index in [2.05, 4.69) is 0 Å². The minimum absolute atomic E-state index is 0.0669. The summed E-state index contributed by atoms with van der Waals surface area (Å²) in [5.41, 5.74) is -0.196. The summed E-state index contributed by atoms with van der Waals surface area (Å²) >= 11 is 0. The molecule has 2 rings (SSSR count). The van der Waals surface area contributed by atoms with Crippen LogP contribution in [0.4, 0.5) is 10.1 Å². The van der Waals surface area contributed by atoms with Gasteiger partial charge in [-0.3, -0.25) is 10.1 Å². The van der Waals surface area contributed by atoms with E-state index in [9.17, 15) is 22.9 Å². The van der Waals surface area contributed by atoms with Crippen LogP contribution in [0.15, 0.2) is 58.3 Å². The van der Waals surface area contributed by atoms with Crippen molar-refractivity contribution in [1.29, 1.82) is 0 Å². The predicted molar refractivity (Wildman–Crippen MR) is 64.9 cm³/mol. The summed E-state index contributed by atoms with van der Waals surface area (Å²) in [7, 11) is -3.79. The highest BCUT2D eigenvalue weighted by molar-refractivity contribution is 7.91. The number of hydrogen-bond donors (Lipinski definition) is 0. The second kappa shape index (κ2) is 4.77. The van der Waals surface area contributed by atoms with E-state index in [1.165, 1.54) is 0 Å². The van der Waals surface area contributed by atoms with Gasteiger partial charge in [-0.1, -0.05) is 0 Å². The molecule has 0 amide bonds. The standard InChI is InChI=1S/C12H8FNO4S/c13-9-1-5-11(6-2-9)19(17,18)12-7-3-10(4-8-12)14(15)16/h1-8H. The molecule has 0 bridgehead atoms. The Kier molecular flexibility index (Phi) is 3.30. The van der Waals surface area contributed by atoms with Gasteiger partial charge in [0.1, 0.15) is 5.82 Å². The Morgan fingerprint density at radius 2 is 1.32 bits per heavy atom. The molecule has 19 heavy (non-hydrogen) atoms. The van der Waals surface area contributed by atoms with Crippen molar-refractivity contribution < 1.29 is 17.7 Å². The fourth-order valence-electron chi connectivity index (χ4n) is 1.50. The van der Waals surface area contributed by atoms with Crippen LogP contribution >= 0.6 is 0 Å². The highest BCUT2D eigenvalue weighted by atomic mass is 32.2. The van der Waals surface area contributed by atoms with Gasteiger partial charge >= 0.3 is 0 Å². The number of halogens is 1. The van der Waals surface area contributed by atoms with Gasteiger partial charge in [-0.25, -0.2) is 12.8 Å². The molecule has 0 fully saturated rings. The third-order valence-corrected chi connectivity index (χ3v) is 4.27. The summed E-state index contributed by atoms with van der Waals surface area (Å²) in [6, 6.07) is 8.88. The van der Waals surface area contributed by atoms with Crippen molar-refractivity contribution in [2.75, 3.05) is 0 Å². The SMILES string of the molecule is O=[N+]([O-])c1ccc(S(=O)(=O)c2ccc(F)cc2)cc1. The fourth-order valence-corrected chi connectivity index (χ4v) is 2.76. The molecule has 0 aliphatic rings. The molecule has 0 atom stereocenters. The molecule has 0 spiro atoms. The van der Waals surface area contributed by atoms with E-state index >= 15 is 0 Å². The van der Waals surface area contributed by atoms with Crippen LogP contribution in [0.3, 0.4) is 0 Å².